The van der Waals surface area contributed by atoms with Gasteiger partial charge in [-0.05, 0) is 43.9 Å². The topological polar surface area (TPSA) is 60.0 Å². The van der Waals surface area contributed by atoms with Crippen molar-refractivity contribution in [1.29, 1.82) is 0 Å². The van der Waals surface area contributed by atoms with Crippen molar-refractivity contribution in [3.05, 3.63) is 35.4 Å². The van der Waals surface area contributed by atoms with E-state index in [2.05, 4.69) is 51.7 Å². The highest BCUT2D eigenvalue weighted by molar-refractivity contribution is 14.0. The van der Waals surface area contributed by atoms with Crippen molar-refractivity contribution in [2.45, 2.75) is 71.1 Å². The second kappa shape index (κ2) is 12.5. The summed E-state index contributed by atoms with van der Waals surface area (Å²) < 4.78 is 0. The molecule has 2 aliphatic rings. The Morgan fingerprint density at radius 2 is 1.87 bits per heavy atom. The SMILES string of the molecule is CCC(=O)N1CCC(NC(=NC)NCc2ccc(CN3CCCCC3C)cc2)C1.I. The van der Waals surface area contributed by atoms with E-state index in [1.54, 1.807) is 7.05 Å². The van der Waals surface area contributed by atoms with Gasteiger partial charge in [0, 0.05) is 51.7 Å². The molecule has 0 bridgehead atoms. The third-order valence-corrected chi connectivity index (χ3v) is 6.22. The fourth-order valence-corrected chi connectivity index (χ4v) is 4.29. The summed E-state index contributed by atoms with van der Waals surface area (Å²) in [5, 5.41) is 6.86. The number of carbonyl (C=O) groups excluding carboxylic acids is 1. The van der Waals surface area contributed by atoms with Gasteiger partial charge < -0.3 is 15.5 Å². The summed E-state index contributed by atoms with van der Waals surface area (Å²) in [6, 6.07) is 9.88. The maximum absolute atomic E-state index is 11.8. The predicted octanol–water partition coefficient (Wildman–Crippen LogP) is 3.35. The first-order chi connectivity index (χ1) is 14.1. The van der Waals surface area contributed by atoms with Crippen molar-refractivity contribution in [2.24, 2.45) is 4.99 Å². The standard InChI is InChI=1S/C23H37N5O.HI/c1-4-22(29)28-14-12-21(17-28)26-23(24-3)25-15-19-8-10-20(11-9-19)16-27-13-6-5-7-18(27)2;/h8-11,18,21H,4-7,12-17H2,1-3H3,(H2,24,25,26);1H. The molecule has 0 spiro atoms. The number of aliphatic imine (C=N–C) groups is 1. The van der Waals surface area contributed by atoms with Gasteiger partial charge in [-0.2, -0.15) is 0 Å². The van der Waals surface area contributed by atoms with Crippen LogP contribution in [0.5, 0.6) is 0 Å². The van der Waals surface area contributed by atoms with Crippen molar-refractivity contribution in [1.82, 2.24) is 20.4 Å². The molecule has 2 atom stereocenters. The van der Waals surface area contributed by atoms with Crippen LogP contribution in [-0.4, -0.2) is 60.4 Å². The molecule has 1 aromatic carbocycles. The smallest absolute Gasteiger partial charge is 0.222 e. The number of likely N-dealkylation sites (tertiary alicyclic amines) is 2. The maximum Gasteiger partial charge on any atom is 0.222 e. The fraction of sp³-hybridized carbons (Fsp3) is 0.652. The molecule has 2 N–H and O–H groups in total. The number of nitrogens with zero attached hydrogens (tertiary/aromatic N) is 3. The van der Waals surface area contributed by atoms with E-state index in [1.165, 1.54) is 36.9 Å². The lowest BCUT2D eigenvalue weighted by molar-refractivity contribution is -0.129. The van der Waals surface area contributed by atoms with Gasteiger partial charge in [-0.25, -0.2) is 0 Å². The number of hydrogen-bond donors (Lipinski definition) is 2. The highest BCUT2D eigenvalue weighted by atomic mass is 127. The van der Waals surface area contributed by atoms with Crippen LogP contribution in [-0.2, 0) is 17.9 Å². The molecule has 30 heavy (non-hydrogen) atoms. The minimum Gasteiger partial charge on any atom is -0.352 e. The van der Waals surface area contributed by atoms with Crippen molar-refractivity contribution in [2.75, 3.05) is 26.7 Å². The molecular formula is C23H38IN5O. The molecule has 0 radical (unpaired) electrons. The van der Waals surface area contributed by atoms with Crippen LogP contribution in [0.15, 0.2) is 29.3 Å². The molecule has 3 rings (SSSR count). The van der Waals surface area contributed by atoms with E-state index in [4.69, 9.17) is 0 Å². The van der Waals surface area contributed by atoms with Crippen LogP contribution in [0.1, 0.15) is 57.1 Å². The van der Waals surface area contributed by atoms with Crippen LogP contribution < -0.4 is 10.6 Å². The van der Waals surface area contributed by atoms with E-state index in [0.29, 0.717) is 12.5 Å². The van der Waals surface area contributed by atoms with E-state index < -0.39 is 0 Å². The van der Waals surface area contributed by atoms with Gasteiger partial charge in [0.05, 0.1) is 0 Å². The third-order valence-electron chi connectivity index (χ3n) is 6.22. The molecular weight excluding hydrogens is 489 g/mol. The Hall–Kier alpha value is -1.35. The highest BCUT2D eigenvalue weighted by Crippen LogP contribution is 2.19. The summed E-state index contributed by atoms with van der Waals surface area (Å²) in [7, 11) is 1.79. The second-order valence-electron chi connectivity index (χ2n) is 8.38. The van der Waals surface area contributed by atoms with E-state index in [1.807, 2.05) is 11.8 Å². The Kier molecular flexibility index (Phi) is 10.4. The number of hydrogen-bond acceptors (Lipinski definition) is 3. The molecule has 2 heterocycles. The van der Waals surface area contributed by atoms with Crippen molar-refractivity contribution in [3.8, 4) is 0 Å². The number of guanidine groups is 1. The summed E-state index contributed by atoms with van der Waals surface area (Å²) in [6.45, 7) is 8.86. The minimum atomic E-state index is 0. The molecule has 2 aliphatic heterocycles. The zero-order valence-electron chi connectivity index (χ0n) is 18.7. The number of halogens is 1. The summed E-state index contributed by atoms with van der Waals surface area (Å²) in [5.41, 5.74) is 2.63. The van der Waals surface area contributed by atoms with Gasteiger partial charge in [0.25, 0.3) is 0 Å². The van der Waals surface area contributed by atoms with Gasteiger partial charge in [0.2, 0.25) is 5.91 Å². The molecule has 2 saturated heterocycles. The van der Waals surface area contributed by atoms with Gasteiger partial charge in [-0.3, -0.25) is 14.7 Å². The molecule has 6 nitrogen and oxygen atoms in total. The van der Waals surface area contributed by atoms with Crippen molar-refractivity contribution >= 4 is 35.8 Å². The summed E-state index contributed by atoms with van der Waals surface area (Å²) >= 11 is 0. The monoisotopic (exact) mass is 527 g/mol. The quantitative estimate of drug-likeness (QED) is 0.339. The average Bonchev–Trinajstić information content (AvgIpc) is 3.21. The van der Waals surface area contributed by atoms with E-state index in [0.717, 1.165) is 38.6 Å². The molecule has 2 unspecified atom stereocenters. The lowest BCUT2D eigenvalue weighted by atomic mass is 10.0. The van der Waals surface area contributed by atoms with Crippen LogP contribution in [0, 0.1) is 0 Å². The van der Waals surface area contributed by atoms with Crippen LogP contribution in [0.3, 0.4) is 0 Å². The molecule has 0 aromatic heterocycles. The van der Waals surface area contributed by atoms with E-state index in [-0.39, 0.29) is 35.9 Å². The van der Waals surface area contributed by atoms with Gasteiger partial charge >= 0.3 is 0 Å². The Morgan fingerprint density at radius 1 is 1.13 bits per heavy atom. The van der Waals surface area contributed by atoms with Gasteiger partial charge in [-0.15, -0.1) is 24.0 Å². The lowest BCUT2D eigenvalue weighted by Gasteiger charge is -2.33. The highest BCUT2D eigenvalue weighted by Gasteiger charge is 2.25. The van der Waals surface area contributed by atoms with E-state index >= 15 is 0 Å². The first-order valence-electron chi connectivity index (χ1n) is 11.2. The van der Waals surface area contributed by atoms with Gasteiger partial charge in [0.15, 0.2) is 5.96 Å². The Balaban J connectivity index is 0.00000320. The number of carbonyl (C=O) groups is 1. The summed E-state index contributed by atoms with van der Waals surface area (Å²) in [4.78, 5) is 20.7. The third kappa shape index (κ3) is 7.11. The van der Waals surface area contributed by atoms with Gasteiger partial charge in [-0.1, -0.05) is 37.6 Å². The summed E-state index contributed by atoms with van der Waals surface area (Å²) in [6.07, 6.45) is 5.55. The lowest BCUT2D eigenvalue weighted by Crippen LogP contribution is -2.44. The molecule has 0 aliphatic carbocycles. The molecule has 7 heteroatoms. The van der Waals surface area contributed by atoms with Crippen LogP contribution in [0.2, 0.25) is 0 Å². The maximum atomic E-state index is 11.8. The van der Waals surface area contributed by atoms with Crippen LogP contribution in [0.4, 0.5) is 0 Å². The Bertz CT molecular complexity index is 693. The minimum absolute atomic E-state index is 0. The fourth-order valence-electron chi connectivity index (χ4n) is 4.29. The molecule has 2 fully saturated rings. The zero-order chi connectivity index (χ0) is 20.6. The molecule has 1 aromatic rings. The first kappa shape index (κ1) is 24.9. The Labute approximate surface area is 198 Å². The number of amides is 1. The van der Waals surface area contributed by atoms with Crippen molar-refractivity contribution in [3.63, 3.8) is 0 Å². The summed E-state index contributed by atoms with van der Waals surface area (Å²) in [5.74, 6) is 1.03. The van der Waals surface area contributed by atoms with Crippen molar-refractivity contribution < 1.29 is 4.79 Å². The molecule has 1 amide bonds. The molecule has 0 saturated carbocycles. The number of benzene rings is 1. The van der Waals surface area contributed by atoms with E-state index in [9.17, 15) is 4.79 Å². The largest absolute Gasteiger partial charge is 0.352 e. The zero-order valence-corrected chi connectivity index (χ0v) is 21.0. The van der Waals surface area contributed by atoms with Crippen LogP contribution in [0.25, 0.3) is 0 Å². The number of rotatable bonds is 6. The van der Waals surface area contributed by atoms with Crippen LogP contribution >= 0.6 is 24.0 Å². The number of nitrogens with one attached hydrogen (secondary N) is 2. The first-order valence-corrected chi connectivity index (χ1v) is 11.2. The Morgan fingerprint density at radius 3 is 2.53 bits per heavy atom. The second-order valence-corrected chi connectivity index (χ2v) is 8.38. The normalized spacial score (nSPS) is 22.5. The molecule has 168 valence electrons. The average molecular weight is 527 g/mol. The van der Waals surface area contributed by atoms with Gasteiger partial charge in [0.1, 0.15) is 0 Å². The predicted molar refractivity (Wildman–Crippen MR) is 134 cm³/mol. The number of piperidine rings is 1.